The first-order valence-corrected chi connectivity index (χ1v) is 7.92. The highest BCUT2D eigenvalue weighted by Gasteiger charge is 1.76. The molecule has 0 aliphatic rings. The van der Waals surface area contributed by atoms with E-state index in [0.717, 1.165) is 5.57 Å². The summed E-state index contributed by atoms with van der Waals surface area (Å²) in [5.41, 5.74) is 3.37. The number of benzene rings is 2. The van der Waals surface area contributed by atoms with Crippen molar-refractivity contribution in [2.24, 2.45) is 0 Å². The first-order chi connectivity index (χ1) is 12.0. The summed E-state index contributed by atoms with van der Waals surface area (Å²) < 4.78 is 0. The van der Waals surface area contributed by atoms with Crippen LogP contribution in [0.15, 0.2) is 124 Å². The van der Waals surface area contributed by atoms with Crippen molar-refractivity contribution in [1.82, 2.24) is 0 Å². The molecule has 0 amide bonds. The predicted octanol–water partition coefficient (Wildman–Crippen LogP) is 7.77. The predicted molar refractivity (Wildman–Crippen MR) is 118 cm³/mol. The monoisotopic (exact) mass is 330 g/mol. The van der Waals surface area contributed by atoms with Gasteiger partial charge in [0, 0.05) is 0 Å². The number of hydrogen-bond donors (Lipinski definition) is 0. The zero-order chi connectivity index (χ0) is 19.3. The zero-order valence-electron chi connectivity index (χ0n) is 15.4. The summed E-state index contributed by atoms with van der Waals surface area (Å²) in [6.45, 7) is 22.9. The summed E-state index contributed by atoms with van der Waals surface area (Å²) in [5, 5.41) is 0. The van der Waals surface area contributed by atoms with E-state index in [2.05, 4.69) is 39.5 Å². The van der Waals surface area contributed by atoms with Crippen LogP contribution in [0.3, 0.4) is 0 Å². The van der Waals surface area contributed by atoms with E-state index in [4.69, 9.17) is 0 Å². The van der Waals surface area contributed by atoms with E-state index in [-0.39, 0.29) is 0 Å². The quantitative estimate of drug-likeness (QED) is 0.502. The van der Waals surface area contributed by atoms with Crippen molar-refractivity contribution in [1.29, 1.82) is 0 Å². The lowest BCUT2D eigenvalue weighted by atomic mass is 10.2. The molecule has 0 fully saturated rings. The second-order valence-corrected chi connectivity index (χ2v) is 4.75. The summed E-state index contributed by atoms with van der Waals surface area (Å²) in [6, 6.07) is 20.1. The molecule has 2 rings (SSSR count). The molecule has 0 atom stereocenters. The van der Waals surface area contributed by atoms with Gasteiger partial charge in [-0.05, 0) is 18.1 Å². The Morgan fingerprint density at radius 3 is 1.04 bits per heavy atom. The molecule has 0 aliphatic carbocycles. The molecule has 2 aromatic carbocycles. The van der Waals surface area contributed by atoms with Gasteiger partial charge in [-0.15, -0.1) is 0 Å². The van der Waals surface area contributed by atoms with Gasteiger partial charge in [-0.1, -0.05) is 136 Å². The number of allylic oxidation sites excluding steroid dienone is 4. The van der Waals surface area contributed by atoms with Crippen molar-refractivity contribution in [2.75, 3.05) is 0 Å². The second kappa shape index (κ2) is 18.9. The van der Waals surface area contributed by atoms with Gasteiger partial charge in [-0.3, -0.25) is 0 Å². The Labute approximate surface area is 154 Å². The Morgan fingerprint density at radius 2 is 0.920 bits per heavy atom. The molecule has 0 N–H and O–H groups in total. The minimum atomic E-state index is 1.02. The average molecular weight is 331 g/mol. The lowest BCUT2D eigenvalue weighted by Gasteiger charge is -1.85. The molecule has 0 aliphatic heterocycles. The normalized spacial score (nSPS) is 7.56. The highest BCUT2D eigenvalue weighted by molar-refractivity contribution is 5.46. The van der Waals surface area contributed by atoms with Gasteiger partial charge in [-0.25, -0.2) is 0 Å². The molecular formula is C25H30. The Morgan fingerprint density at radius 1 is 0.640 bits per heavy atom. The van der Waals surface area contributed by atoms with Gasteiger partial charge in [0.05, 0.1) is 0 Å². The van der Waals surface area contributed by atoms with Crippen LogP contribution in [0, 0.1) is 0 Å². The van der Waals surface area contributed by atoms with Crippen LogP contribution in [0.2, 0.25) is 0 Å². The first kappa shape index (κ1) is 24.1. The third kappa shape index (κ3) is 18.8. The largest absolute Gasteiger partial charge is 0.0991 e. The van der Waals surface area contributed by atoms with Crippen molar-refractivity contribution in [3.63, 3.8) is 0 Å². The topological polar surface area (TPSA) is 0 Å². The number of rotatable bonds is 4. The molecule has 25 heavy (non-hydrogen) atoms. The van der Waals surface area contributed by atoms with E-state index < -0.39 is 0 Å². The van der Waals surface area contributed by atoms with Gasteiger partial charge < -0.3 is 0 Å². The third-order valence-electron chi connectivity index (χ3n) is 2.59. The molecule has 130 valence electrons. The van der Waals surface area contributed by atoms with E-state index in [1.165, 1.54) is 11.1 Å². The third-order valence-corrected chi connectivity index (χ3v) is 2.59. The number of hydrogen-bond acceptors (Lipinski definition) is 0. The highest BCUT2D eigenvalue weighted by atomic mass is 13.8. The fraction of sp³-hybridized carbons (Fsp3) is 0.0400. The van der Waals surface area contributed by atoms with Gasteiger partial charge in [0.1, 0.15) is 0 Å². The standard InChI is InChI=1S/2C8H8.C5H8.C4H6/c2*1-2-8-6-4-3-5-7-8;1-4-5(2)3;1-3-4-2/h2*2-7H,1H2;4H,1-2H2,3H3;3-4H,1-2H2. The van der Waals surface area contributed by atoms with E-state index in [1.54, 1.807) is 18.2 Å². The summed E-state index contributed by atoms with van der Waals surface area (Å²) in [4.78, 5) is 0. The fourth-order valence-corrected chi connectivity index (χ4v) is 1.18. The van der Waals surface area contributed by atoms with Gasteiger partial charge in [0.15, 0.2) is 0 Å². The lowest BCUT2D eigenvalue weighted by Crippen LogP contribution is -1.63. The first-order valence-electron chi connectivity index (χ1n) is 7.92. The molecule has 0 saturated carbocycles. The van der Waals surface area contributed by atoms with Gasteiger partial charge in [-0.2, -0.15) is 0 Å². The summed E-state index contributed by atoms with van der Waals surface area (Å²) >= 11 is 0. The van der Waals surface area contributed by atoms with E-state index in [0.29, 0.717) is 0 Å². The molecule has 0 aromatic heterocycles. The van der Waals surface area contributed by atoms with Crippen molar-refractivity contribution in [3.05, 3.63) is 135 Å². The van der Waals surface area contributed by atoms with Crippen LogP contribution in [0.5, 0.6) is 0 Å². The van der Waals surface area contributed by atoms with E-state index in [9.17, 15) is 0 Å². The van der Waals surface area contributed by atoms with Crippen LogP contribution in [0.1, 0.15) is 18.1 Å². The molecule has 0 heterocycles. The molecule has 0 unspecified atom stereocenters. The summed E-state index contributed by atoms with van der Waals surface area (Å²) in [7, 11) is 0. The Hall–Kier alpha value is -3.12. The molecule has 0 spiro atoms. The van der Waals surface area contributed by atoms with Crippen LogP contribution in [-0.4, -0.2) is 0 Å². The van der Waals surface area contributed by atoms with E-state index in [1.807, 2.05) is 79.7 Å². The fourth-order valence-electron chi connectivity index (χ4n) is 1.18. The Bertz CT molecular complexity index is 566. The molecule has 0 radical (unpaired) electrons. The maximum absolute atomic E-state index is 3.63. The molecule has 0 nitrogen and oxygen atoms in total. The highest BCUT2D eigenvalue weighted by Crippen LogP contribution is 1.98. The summed E-state index contributed by atoms with van der Waals surface area (Å²) in [6.07, 6.45) is 8.67. The smallest absolute Gasteiger partial charge is 0.0263 e. The van der Waals surface area contributed by atoms with Crippen molar-refractivity contribution in [3.8, 4) is 0 Å². The minimum Gasteiger partial charge on any atom is -0.0991 e. The summed E-state index contributed by atoms with van der Waals surface area (Å²) in [5.74, 6) is 0. The van der Waals surface area contributed by atoms with Gasteiger partial charge in [0.2, 0.25) is 0 Å². The molecule has 0 saturated heterocycles. The SMILES string of the molecule is C=CC(=C)C.C=CC=C.C=Cc1ccccc1.C=Cc1ccccc1. The van der Waals surface area contributed by atoms with Gasteiger partial charge in [0.25, 0.3) is 0 Å². The van der Waals surface area contributed by atoms with Crippen LogP contribution in [-0.2, 0) is 0 Å². The Kier molecular flexibility index (Phi) is 18.3. The van der Waals surface area contributed by atoms with Crippen LogP contribution in [0.25, 0.3) is 12.2 Å². The lowest BCUT2D eigenvalue weighted by molar-refractivity contribution is 1.58. The molecule has 0 heteroatoms. The zero-order valence-corrected chi connectivity index (χ0v) is 15.4. The minimum absolute atomic E-state index is 1.02. The second-order valence-electron chi connectivity index (χ2n) is 4.75. The van der Waals surface area contributed by atoms with Crippen LogP contribution < -0.4 is 0 Å². The van der Waals surface area contributed by atoms with Crippen molar-refractivity contribution < 1.29 is 0 Å². The molecule has 2 aromatic rings. The van der Waals surface area contributed by atoms with Crippen molar-refractivity contribution >= 4 is 12.2 Å². The maximum atomic E-state index is 3.63. The Balaban J connectivity index is 0. The van der Waals surface area contributed by atoms with Crippen LogP contribution >= 0.6 is 0 Å². The average Bonchev–Trinajstić information content (AvgIpc) is 2.70. The van der Waals surface area contributed by atoms with Crippen LogP contribution in [0.4, 0.5) is 0 Å². The van der Waals surface area contributed by atoms with E-state index >= 15 is 0 Å². The molecule has 0 bridgehead atoms. The molecular weight excluding hydrogens is 300 g/mol. The van der Waals surface area contributed by atoms with Gasteiger partial charge >= 0.3 is 0 Å². The maximum Gasteiger partial charge on any atom is -0.0263 e. The van der Waals surface area contributed by atoms with Crippen molar-refractivity contribution in [2.45, 2.75) is 6.92 Å².